The molecule has 0 saturated carbocycles. The Balaban J connectivity index is 2.73. The molecule has 0 aliphatic rings. The summed E-state index contributed by atoms with van der Waals surface area (Å²) >= 11 is 6.00. The second-order valence-electron chi connectivity index (χ2n) is 4.13. The first-order valence-electron chi connectivity index (χ1n) is 5.53. The van der Waals surface area contributed by atoms with Crippen molar-refractivity contribution in [3.8, 4) is 0 Å². The van der Waals surface area contributed by atoms with E-state index in [1.165, 1.54) is 6.92 Å². The van der Waals surface area contributed by atoms with Gasteiger partial charge in [-0.15, -0.1) is 0 Å². The number of anilines is 2. The molecular formula is C12H16ClN3O2. The number of carbonyl (C=O) groups is 2. The van der Waals surface area contributed by atoms with E-state index in [1.54, 1.807) is 18.2 Å². The van der Waals surface area contributed by atoms with Crippen molar-refractivity contribution in [1.82, 2.24) is 5.32 Å². The third-order valence-corrected chi connectivity index (χ3v) is 2.27. The highest BCUT2D eigenvalue weighted by molar-refractivity contribution is 6.34. The van der Waals surface area contributed by atoms with Gasteiger partial charge in [-0.3, -0.25) is 4.79 Å². The molecule has 0 radical (unpaired) electrons. The van der Waals surface area contributed by atoms with Crippen LogP contribution < -0.4 is 16.0 Å². The molecule has 0 bridgehead atoms. The van der Waals surface area contributed by atoms with E-state index in [-0.39, 0.29) is 18.0 Å². The molecule has 0 atom stereocenters. The monoisotopic (exact) mass is 269 g/mol. The lowest BCUT2D eigenvalue weighted by atomic mass is 10.2. The van der Waals surface area contributed by atoms with Crippen molar-refractivity contribution in [2.45, 2.75) is 26.8 Å². The summed E-state index contributed by atoms with van der Waals surface area (Å²) in [4.78, 5) is 22.4. The number of halogens is 1. The van der Waals surface area contributed by atoms with E-state index >= 15 is 0 Å². The van der Waals surface area contributed by atoms with Gasteiger partial charge in [0.15, 0.2) is 0 Å². The van der Waals surface area contributed by atoms with E-state index in [9.17, 15) is 9.59 Å². The number of carbonyl (C=O) groups excluding carboxylic acids is 2. The molecule has 0 aliphatic carbocycles. The van der Waals surface area contributed by atoms with Crippen LogP contribution in [0.1, 0.15) is 20.8 Å². The smallest absolute Gasteiger partial charge is 0.319 e. The molecule has 1 rings (SSSR count). The topological polar surface area (TPSA) is 70.2 Å². The maximum absolute atomic E-state index is 11.5. The molecule has 1 aromatic carbocycles. The molecule has 0 aromatic heterocycles. The lowest BCUT2D eigenvalue weighted by molar-refractivity contribution is -0.114. The maximum Gasteiger partial charge on any atom is 0.319 e. The average Bonchev–Trinajstić information content (AvgIpc) is 2.20. The lowest BCUT2D eigenvalue weighted by Gasteiger charge is -2.12. The molecule has 0 spiro atoms. The first-order chi connectivity index (χ1) is 8.38. The van der Waals surface area contributed by atoms with Crippen molar-refractivity contribution in [3.63, 3.8) is 0 Å². The van der Waals surface area contributed by atoms with Crippen LogP contribution in [0, 0.1) is 0 Å². The Labute approximate surface area is 111 Å². The van der Waals surface area contributed by atoms with Crippen LogP contribution in [0.3, 0.4) is 0 Å². The van der Waals surface area contributed by atoms with E-state index in [1.807, 2.05) is 13.8 Å². The number of rotatable bonds is 3. The molecule has 6 heteroatoms. The number of nitrogens with one attached hydrogen (secondary N) is 3. The SMILES string of the molecule is CC(=O)Nc1ccc(NC(=O)NC(C)C)c(Cl)c1. The molecule has 98 valence electrons. The fourth-order valence-electron chi connectivity index (χ4n) is 1.32. The third-order valence-electron chi connectivity index (χ3n) is 1.96. The van der Waals surface area contributed by atoms with Gasteiger partial charge < -0.3 is 16.0 Å². The third kappa shape index (κ3) is 4.63. The van der Waals surface area contributed by atoms with E-state index in [4.69, 9.17) is 11.6 Å². The molecule has 3 N–H and O–H groups in total. The number of hydrogen-bond donors (Lipinski definition) is 3. The number of hydrogen-bond acceptors (Lipinski definition) is 2. The predicted molar refractivity (Wildman–Crippen MR) is 73.0 cm³/mol. The van der Waals surface area contributed by atoms with Crippen LogP contribution in [0.4, 0.5) is 16.2 Å². The van der Waals surface area contributed by atoms with Gasteiger partial charge in [-0.25, -0.2) is 4.79 Å². The van der Waals surface area contributed by atoms with Crippen molar-refractivity contribution in [3.05, 3.63) is 23.2 Å². The van der Waals surface area contributed by atoms with Gasteiger partial charge in [0.1, 0.15) is 0 Å². The highest BCUT2D eigenvalue weighted by atomic mass is 35.5. The zero-order chi connectivity index (χ0) is 13.7. The number of amides is 3. The average molecular weight is 270 g/mol. The molecule has 18 heavy (non-hydrogen) atoms. The van der Waals surface area contributed by atoms with Crippen LogP contribution >= 0.6 is 11.6 Å². The summed E-state index contributed by atoms with van der Waals surface area (Å²) in [7, 11) is 0. The summed E-state index contributed by atoms with van der Waals surface area (Å²) in [5.74, 6) is -0.177. The van der Waals surface area contributed by atoms with Gasteiger partial charge in [-0.05, 0) is 32.0 Å². The van der Waals surface area contributed by atoms with Crippen LogP contribution in [0.25, 0.3) is 0 Å². The standard InChI is InChI=1S/C12H16ClN3O2/c1-7(2)14-12(18)16-11-5-4-9(6-10(11)13)15-8(3)17/h4-7H,1-3H3,(H,15,17)(H2,14,16,18). The summed E-state index contributed by atoms with van der Waals surface area (Å²) in [6, 6.07) is 4.60. The fraction of sp³-hybridized carbons (Fsp3) is 0.333. The van der Waals surface area contributed by atoms with Gasteiger partial charge in [0.2, 0.25) is 5.91 Å². The van der Waals surface area contributed by atoms with Crippen molar-refractivity contribution in [2.24, 2.45) is 0 Å². The highest BCUT2D eigenvalue weighted by Gasteiger charge is 2.07. The van der Waals surface area contributed by atoms with Gasteiger partial charge in [-0.1, -0.05) is 11.6 Å². The minimum Gasteiger partial charge on any atom is -0.336 e. The van der Waals surface area contributed by atoms with Crippen LogP contribution in [-0.2, 0) is 4.79 Å². The van der Waals surface area contributed by atoms with E-state index in [0.29, 0.717) is 16.4 Å². The van der Waals surface area contributed by atoms with E-state index < -0.39 is 0 Å². The zero-order valence-corrected chi connectivity index (χ0v) is 11.3. The molecule has 0 heterocycles. The summed E-state index contributed by atoms with van der Waals surface area (Å²) in [6.07, 6.45) is 0. The van der Waals surface area contributed by atoms with Crippen molar-refractivity contribution < 1.29 is 9.59 Å². The Bertz CT molecular complexity index is 461. The van der Waals surface area contributed by atoms with Gasteiger partial charge in [-0.2, -0.15) is 0 Å². The van der Waals surface area contributed by atoms with Gasteiger partial charge in [0, 0.05) is 18.7 Å². The minimum atomic E-state index is -0.320. The Morgan fingerprint density at radius 1 is 1.22 bits per heavy atom. The number of urea groups is 1. The Hall–Kier alpha value is -1.75. The Kier molecular flexibility index (Phi) is 4.97. The molecule has 3 amide bonds. The van der Waals surface area contributed by atoms with Crippen LogP contribution in [0.5, 0.6) is 0 Å². The maximum atomic E-state index is 11.5. The Morgan fingerprint density at radius 3 is 2.39 bits per heavy atom. The fourth-order valence-corrected chi connectivity index (χ4v) is 1.55. The lowest BCUT2D eigenvalue weighted by Crippen LogP contribution is -2.34. The van der Waals surface area contributed by atoms with Crippen molar-refractivity contribution >= 4 is 34.9 Å². The zero-order valence-electron chi connectivity index (χ0n) is 10.5. The normalized spacial score (nSPS) is 10.1. The Morgan fingerprint density at radius 2 is 1.89 bits per heavy atom. The molecule has 5 nitrogen and oxygen atoms in total. The van der Waals surface area contributed by atoms with E-state index in [2.05, 4.69) is 16.0 Å². The highest BCUT2D eigenvalue weighted by Crippen LogP contribution is 2.25. The largest absolute Gasteiger partial charge is 0.336 e. The van der Waals surface area contributed by atoms with Crippen molar-refractivity contribution in [2.75, 3.05) is 10.6 Å². The first-order valence-corrected chi connectivity index (χ1v) is 5.91. The van der Waals surface area contributed by atoms with Gasteiger partial charge in [0.25, 0.3) is 0 Å². The van der Waals surface area contributed by atoms with Crippen LogP contribution in [-0.4, -0.2) is 18.0 Å². The van der Waals surface area contributed by atoms with Gasteiger partial charge >= 0.3 is 6.03 Å². The second kappa shape index (κ2) is 6.26. The molecule has 1 aromatic rings. The quantitative estimate of drug-likeness (QED) is 0.790. The van der Waals surface area contributed by atoms with Crippen molar-refractivity contribution in [1.29, 1.82) is 0 Å². The molecule has 0 fully saturated rings. The summed E-state index contributed by atoms with van der Waals surface area (Å²) in [5, 5.41) is 8.28. The molecule has 0 aliphatic heterocycles. The first kappa shape index (κ1) is 14.3. The molecule has 0 saturated heterocycles. The summed E-state index contributed by atoms with van der Waals surface area (Å²) in [6.45, 7) is 5.14. The second-order valence-corrected chi connectivity index (χ2v) is 4.54. The molecule has 0 unspecified atom stereocenters. The van der Waals surface area contributed by atoms with Gasteiger partial charge in [0.05, 0.1) is 10.7 Å². The van der Waals surface area contributed by atoms with Crippen LogP contribution in [0.2, 0.25) is 5.02 Å². The predicted octanol–water partition coefficient (Wildman–Crippen LogP) is 2.83. The molecular weight excluding hydrogens is 254 g/mol. The summed E-state index contributed by atoms with van der Waals surface area (Å²) < 4.78 is 0. The van der Waals surface area contributed by atoms with Crippen LogP contribution in [0.15, 0.2) is 18.2 Å². The number of benzene rings is 1. The summed E-state index contributed by atoms with van der Waals surface area (Å²) in [5.41, 5.74) is 1.08. The minimum absolute atomic E-state index is 0.0439. The van der Waals surface area contributed by atoms with E-state index in [0.717, 1.165) is 0 Å².